The van der Waals surface area contributed by atoms with Crippen molar-refractivity contribution in [3.05, 3.63) is 29.3 Å². The van der Waals surface area contributed by atoms with E-state index < -0.39 is 5.91 Å². The van der Waals surface area contributed by atoms with Gasteiger partial charge in [0, 0.05) is 19.2 Å². The third kappa shape index (κ3) is 3.47. The number of rotatable bonds is 5. The summed E-state index contributed by atoms with van der Waals surface area (Å²) in [5.74, 6) is 0.669. The van der Waals surface area contributed by atoms with Crippen molar-refractivity contribution in [3.63, 3.8) is 0 Å². The number of hydrogen-bond acceptors (Lipinski definition) is 4. The van der Waals surface area contributed by atoms with Crippen molar-refractivity contribution >= 4 is 17.4 Å². The molecule has 1 aliphatic rings. The molecule has 0 bridgehead atoms. The van der Waals surface area contributed by atoms with Crippen LogP contribution in [0.25, 0.3) is 5.57 Å². The number of ether oxygens (including phenoxy) is 2. The zero-order valence-electron chi connectivity index (χ0n) is 13.9. The zero-order valence-corrected chi connectivity index (χ0v) is 13.9. The lowest BCUT2D eigenvalue weighted by atomic mass is 9.92. The summed E-state index contributed by atoms with van der Waals surface area (Å²) >= 11 is 0. The summed E-state index contributed by atoms with van der Waals surface area (Å²) in [6.45, 7) is 5.02. The highest BCUT2D eigenvalue weighted by molar-refractivity contribution is 6.06. The van der Waals surface area contributed by atoms with E-state index in [1.807, 2.05) is 13.8 Å². The molecule has 0 radical (unpaired) electrons. The lowest BCUT2D eigenvalue weighted by Crippen LogP contribution is -2.39. The van der Waals surface area contributed by atoms with Gasteiger partial charge in [0.1, 0.15) is 0 Å². The van der Waals surface area contributed by atoms with Crippen LogP contribution in [0.5, 0.6) is 11.5 Å². The minimum atomic E-state index is -0.542. The molecule has 23 heavy (non-hydrogen) atoms. The van der Waals surface area contributed by atoms with Gasteiger partial charge in [-0.15, -0.1) is 0 Å². The van der Waals surface area contributed by atoms with Crippen LogP contribution in [-0.2, 0) is 4.79 Å². The summed E-state index contributed by atoms with van der Waals surface area (Å²) < 4.78 is 10.6. The second-order valence-corrected chi connectivity index (χ2v) is 5.90. The molecule has 2 N–H and O–H groups in total. The van der Waals surface area contributed by atoms with Crippen molar-refractivity contribution < 1.29 is 19.1 Å². The van der Waals surface area contributed by atoms with Crippen LogP contribution >= 0.6 is 0 Å². The molecule has 2 amide bonds. The molecule has 1 aliphatic heterocycles. The van der Waals surface area contributed by atoms with Gasteiger partial charge in [0.05, 0.1) is 19.8 Å². The normalized spacial score (nSPS) is 15.8. The van der Waals surface area contributed by atoms with E-state index in [0.29, 0.717) is 47.2 Å². The maximum absolute atomic E-state index is 12.7. The monoisotopic (exact) mass is 318 g/mol. The van der Waals surface area contributed by atoms with E-state index in [1.165, 1.54) is 20.3 Å². The molecule has 0 aliphatic carbocycles. The Balaban J connectivity index is 2.60. The fourth-order valence-corrected chi connectivity index (χ4v) is 2.74. The first-order chi connectivity index (χ1) is 10.9. The van der Waals surface area contributed by atoms with Crippen molar-refractivity contribution in [1.29, 1.82) is 0 Å². The molecule has 1 aromatic carbocycles. The number of benzene rings is 1. The number of fused-ring (bicyclic) bond motifs is 1. The smallest absolute Gasteiger partial charge is 0.254 e. The van der Waals surface area contributed by atoms with Crippen molar-refractivity contribution in [1.82, 2.24) is 4.90 Å². The Morgan fingerprint density at radius 1 is 1.26 bits per heavy atom. The maximum Gasteiger partial charge on any atom is 0.254 e. The van der Waals surface area contributed by atoms with Crippen LogP contribution in [0.3, 0.4) is 0 Å². The van der Waals surface area contributed by atoms with E-state index >= 15 is 0 Å². The second kappa shape index (κ2) is 6.73. The Bertz CT molecular complexity index is 665. The summed E-state index contributed by atoms with van der Waals surface area (Å²) in [4.78, 5) is 25.8. The first kappa shape index (κ1) is 16.9. The van der Waals surface area contributed by atoms with E-state index in [4.69, 9.17) is 15.2 Å². The number of hydrogen-bond donors (Lipinski definition) is 1. The minimum absolute atomic E-state index is 0.0868. The van der Waals surface area contributed by atoms with E-state index in [9.17, 15) is 9.59 Å². The fourth-order valence-electron chi connectivity index (χ4n) is 2.74. The minimum Gasteiger partial charge on any atom is -0.493 e. The fraction of sp³-hybridized carbons (Fsp3) is 0.412. The third-order valence-corrected chi connectivity index (χ3v) is 3.65. The zero-order chi connectivity index (χ0) is 17.1. The van der Waals surface area contributed by atoms with Gasteiger partial charge in [0.25, 0.3) is 5.91 Å². The van der Waals surface area contributed by atoms with Gasteiger partial charge in [-0.1, -0.05) is 13.8 Å². The predicted molar refractivity (Wildman–Crippen MR) is 87.5 cm³/mol. The first-order valence-electron chi connectivity index (χ1n) is 7.43. The number of nitrogens with two attached hydrogens (primary N) is 1. The first-order valence-corrected chi connectivity index (χ1v) is 7.43. The maximum atomic E-state index is 12.7. The molecule has 0 unspecified atom stereocenters. The topological polar surface area (TPSA) is 81.9 Å². The highest BCUT2D eigenvalue weighted by Crippen LogP contribution is 2.37. The van der Waals surface area contributed by atoms with Gasteiger partial charge in [0.15, 0.2) is 11.5 Å². The summed E-state index contributed by atoms with van der Waals surface area (Å²) in [5.41, 5.74) is 7.16. The highest BCUT2D eigenvalue weighted by atomic mass is 16.5. The SMILES string of the molecule is COc1cc2c(cc1OC)/C(=C/C(N)=O)CN(CC(C)C)C2=O. The van der Waals surface area contributed by atoms with E-state index in [1.54, 1.807) is 17.0 Å². The number of methoxy groups -OCH3 is 2. The molecular formula is C17H22N2O4. The highest BCUT2D eigenvalue weighted by Gasteiger charge is 2.30. The second-order valence-electron chi connectivity index (χ2n) is 5.90. The Kier molecular flexibility index (Phi) is 4.93. The van der Waals surface area contributed by atoms with Gasteiger partial charge >= 0.3 is 0 Å². The number of carbonyl (C=O) groups excluding carboxylic acids is 2. The predicted octanol–water partition coefficient (Wildman–Crippen LogP) is 1.68. The molecule has 0 spiro atoms. The summed E-state index contributed by atoms with van der Waals surface area (Å²) in [6, 6.07) is 3.37. The van der Waals surface area contributed by atoms with Gasteiger partial charge < -0.3 is 20.1 Å². The van der Waals surface area contributed by atoms with Crippen molar-refractivity contribution in [2.75, 3.05) is 27.3 Å². The molecule has 1 aromatic rings. The van der Waals surface area contributed by atoms with Crippen LogP contribution in [0.4, 0.5) is 0 Å². The Hall–Kier alpha value is -2.50. The Morgan fingerprint density at radius 2 is 1.83 bits per heavy atom. The largest absolute Gasteiger partial charge is 0.493 e. The van der Waals surface area contributed by atoms with Crippen molar-refractivity contribution in [2.45, 2.75) is 13.8 Å². The summed E-state index contributed by atoms with van der Waals surface area (Å²) in [5, 5.41) is 0. The Labute approximate surface area is 135 Å². The Morgan fingerprint density at radius 3 is 2.30 bits per heavy atom. The summed E-state index contributed by atoms with van der Waals surface area (Å²) in [6.07, 6.45) is 1.37. The van der Waals surface area contributed by atoms with Gasteiger partial charge in [0.2, 0.25) is 5.91 Å². The average molecular weight is 318 g/mol. The molecule has 124 valence electrons. The molecule has 1 heterocycles. The molecule has 0 aromatic heterocycles. The molecular weight excluding hydrogens is 296 g/mol. The van der Waals surface area contributed by atoms with Crippen molar-refractivity contribution in [2.24, 2.45) is 11.7 Å². The number of amides is 2. The van der Waals surface area contributed by atoms with Gasteiger partial charge in [-0.05, 0) is 29.2 Å². The molecule has 0 saturated heterocycles. The summed E-state index contributed by atoms with van der Waals surface area (Å²) in [7, 11) is 3.04. The molecule has 0 saturated carbocycles. The number of nitrogens with zero attached hydrogens (tertiary/aromatic N) is 1. The van der Waals surface area contributed by atoms with Crippen LogP contribution in [0.2, 0.25) is 0 Å². The molecule has 0 atom stereocenters. The van der Waals surface area contributed by atoms with Crippen LogP contribution < -0.4 is 15.2 Å². The van der Waals surface area contributed by atoms with E-state index in [-0.39, 0.29) is 5.91 Å². The van der Waals surface area contributed by atoms with Crippen LogP contribution in [0, 0.1) is 5.92 Å². The standard InChI is InChI=1S/C17H22N2O4/c1-10(2)8-19-9-11(5-16(18)20)12-6-14(22-3)15(23-4)7-13(12)17(19)21/h5-7,10H,8-9H2,1-4H3,(H2,18,20)/b11-5+. The molecule has 6 heteroatoms. The van der Waals surface area contributed by atoms with Crippen LogP contribution in [0.1, 0.15) is 29.8 Å². The van der Waals surface area contributed by atoms with Crippen molar-refractivity contribution in [3.8, 4) is 11.5 Å². The lowest BCUT2D eigenvalue weighted by Gasteiger charge is -2.32. The van der Waals surface area contributed by atoms with E-state index in [2.05, 4.69) is 0 Å². The average Bonchev–Trinajstić information content (AvgIpc) is 2.49. The van der Waals surface area contributed by atoms with Gasteiger partial charge in [-0.2, -0.15) is 0 Å². The molecule has 2 rings (SSSR count). The van der Waals surface area contributed by atoms with Gasteiger partial charge in [-0.25, -0.2) is 0 Å². The quantitative estimate of drug-likeness (QED) is 0.838. The third-order valence-electron chi connectivity index (χ3n) is 3.65. The van der Waals surface area contributed by atoms with Gasteiger partial charge in [-0.3, -0.25) is 9.59 Å². The van der Waals surface area contributed by atoms with Crippen LogP contribution in [0.15, 0.2) is 18.2 Å². The molecule has 6 nitrogen and oxygen atoms in total. The molecule has 0 fully saturated rings. The van der Waals surface area contributed by atoms with Crippen LogP contribution in [-0.4, -0.2) is 44.0 Å². The number of carbonyl (C=O) groups is 2. The van der Waals surface area contributed by atoms with E-state index in [0.717, 1.165) is 0 Å². The lowest BCUT2D eigenvalue weighted by molar-refractivity contribution is -0.113. The number of primary amides is 1.